The Labute approximate surface area is 295 Å². The molecule has 1 aliphatic heterocycles. The third-order valence-electron chi connectivity index (χ3n) is 9.75. The van der Waals surface area contributed by atoms with Crippen LogP contribution in [0, 0.1) is 18.7 Å². The van der Waals surface area contributed by atoms with Crippen molar-refractivity contribution in [3.63, 3.8) is 0 Å². The average Bonchev–Trinajstić information content (AvgIpc) is 3.89. The van der Waals surface area contributed by atoms with Gasteiger partial charge in [-0.1, -0.05) is 12.1 Å². The molecule has 0 atom stereocenters. The van der Waals surface area contributed by atoms with Gasteiger partial charge in [0.05, 0.1) is 17.6 Å². The van der Waals surface area contributed by atoms with E-state index in [1.807, 2.05) is 0 Å². The molecule has 2 saturated carbocycles. The molecule has 6 rings (SSSR count). The summed E-state index contributed by atoms with van der Waals surface area (Å²) in [6, 6.07) is 9.17. The van der Waals surface area contributed by atoms with E-state index in [-0.39, 0.29) is 35.5 Å². The fourth-order valence-corrected chi connectivity index (χ4v) is 7.40. The minimum absolute atomic E-state index is 0.00428. The number of halogens is 4. The maximum Gasteiger partial charge on any atom is 0.421 e. The van der Waals surface area contributed by atoms with Crippen molar-refractivity contribution in [2.45, 2.75) is 70.3 Å². The summed E-state index contributed by atoms with van der Waals surface area (Å²) in [4.78, 5) is 25.9. The first-order valence-corrected chi connectivity index (χ1v) is 19.2. The lowest BCUT2D eigenvalue weighted by Gasteiger charge is -2.42. The number of hydrogen-bond acceptors (Lipinski definition) is 9. The molecule has 2 heterocycles. The van der Waals surface area contributed by atoms with Crippen molar-refractivity contribution in [1.29, 1.82) is 0 Å². The SMILES string of the molecule is Cc1ccc(CNc2nc(Nc3ccc(C(=O)NC4CCC(N5CCN(CC6CC6)CC5)CC4)cc3F)ncc2C(F)(F)F)c(NS(C)(=O)=O)c1. The molecule has 51 heavy (non-hydrogen) atoms. The number of piperazine rings is 1. The molecule has 0 spiro atoms. The summed E-state index contributed by atoms with van der Waals surface area (Å²) >= 11 is 0. The largest absolute Gasteiger partial charge is 0.421 e. The number of anilines is 4. The molecule has 1 amide bonds. The number of carbonyl (C=O) groups excluding carboxylic acids is 1. The predicted octanol–water partition coefficient (Wildman–Crippen LogP) is 5.74. The third kappa shape index (κ3) is 10.1. The quantitative estimate of drug-likeness (QED) is 0.172. The zero-order chi connectivity index (χ0) is 36.3. The van der Waals surface area contributed by atoms with Crippen LogP contribution in [0.1, 0.15) is 65.6 Å². The Morgan fingerprint density at radius 2 is 1.69 bits per heavy atom. The fourth-order valence-electron chi connectivity index (χ4n) is 6.81. The van der Waals surface area contributed by atoms with Gasteiger partial charge in [0, 0.05) is 63.1 Å². The van der Waals surface area contributed by atoms with Crippen molar-refractivity contribution in [3.05, 3.63) is 70.7 Å². The molecule has 3 aliphatic rings. The Bertz CT molecular complexity index is 1820. The average molecular weight is 733 g/mol. The predicted molar refractivity (Wildman–Crippen MR) is 188 cm³/mol. The number of nitrogens with zero attached hydrogens (tertiary/aromatic N) is 4. The first-order chi connectivity index (χ1) is 24.2. The van der Waals surface area contributed by atoms with Gasteiger partial charge in [0.1, 0.15) is 17.2 Å². The van der Waals surface area contributed by atoms with Crippen molar-refractivity contribution in [3.8, 4) is 0 Å². The lowest BCUT2D eigenvalue weighted by atomic mass is 9.89. The van der Waals surface area contributed by atoms with Crippen LogP contribution in [0.4, 0.5) is 40.7 Å². The van der Waals surface area contributed by atoms with Crippen LogP contribution in [-0.2, 0) is 22.7 Å². The van der Waals surface area contributed by atoms with Crippen LogP contribution >= 0.6 is 0 Å². The Morgan fingerprint density at radius 1 is 0.961 bits per heavy atom. The number of sulfonamides is 1. The number of nitrogens with one attached hydrogen (secondary N) is 4. The van der Waals surface area contributed by atoms with E-state index in [1.165, 1.54) is 31.5 Å². The zero-order valence-electron chi connectivity index (χ0n) is 28.7. The summed E-state index contributed by atoms with van der Waals surface area (Å²) < 4.78 is 82.9. The molecule has 3 fully saturated rings. The molecular formula is C35H44F4N8O3S. The smallest absolute Gasteiger partial charge is 0.365 e. The van der Waals surface area contributed by atoms with Gasteiger partial charge in [-0.2, -0.15) is 18.2 Å². The minimum atomic E-state index is -4.81. The highest BCUT2D eigenvalue weighted by atomic mass is 32.2. The van der Waals surface area contributed by atoms with Crippen molar-refractivity contribution in [1.82, 2.24) is 25.1 Å². The summed E-state index contributed by atoms with van der Waals surface area (Å²) in [5, 5.41) is 8.26. The summed E-state index contributed by atoms with van der Waals surface area (Å²) in [7, 11) is -3.66. The molecule has 0 unspecified atom stereocenters. The Morgan fingerprint density at radius 3 is 2.33 bits per heavy atom. The number of carbonyl (C=O) groups is 1. The van der Waals surface area contributed by atoms with Crippen molar-refractivity contribution in [2.75, 3.05) is 54.3 Å². The Kier molecular flexibility index (Phi) is 11.0. The van der Waals surface area contributed by atoms with Gasteiger partial charge in [0.15, 0.2) is 0 Å². The maximum atomic E-state index is 15.2. The lowest BCUT2D eigenvalue weighted by molar-refractivity contribution is -0.137. The lowest BCUT2D eigenvalue weighted by Crippen LogP contribution is -2.52. The van der Waals surface area contributed by atoms with E-state index in [1.54, 1.807) is 25.1 Å². The topological polar surface area (TPSA) is 132 Å². The second-order valence-electron chi connectivity index (χ2n) is 13.9. The van der Waals surface area contributed by atoms with Gasteiger partial charge < -0.3 is 20.9 Å². The molecule has 0 bridgehead atoms. The van der Waals surface area contributed by atoms with Crippen LogP contribution in [0.3, 0.4) is 0 Å². The zero-order valence-corrected chi connectivity index (χ0v) is 29.5. The summed E-state index contributed by atoms with van der Waals surface area (Å²) in [5.74, 6) is -1.20. The van der Waals surface area contributed by atoms with Gasteiger partial charge in [-0.25, -0.2) is 17.8 Å². The number of amides is 1. The van der Waals surface area contributed by atoms with E-state index in [0.717, 1.165) is 75.7 Å². The van der Waals surface area contributed by atoms with E-state index in [2.05, 4.69) is 40.4 Å². The second kappa shape index (κ2) is 15.3. The summed E-state index contributed by atoms with van der Waals surface area (Å²) in [6.07, 6.45) is 3.17. The third-order valence-corrected chi connectivity index (χ3v) is 10.3. The highest BCUT2D eigenvalue weighted by Crippen LogP contribution is 2.35. The van der Waals surface area contributed by atoms with Crippen LogP contribution in [-0.4, -0.2) is 85.2 Å². The van der Waals surface area contributed by atoms with Crippen molar-refractivity contribution >= 4 is 39.1 Å². The van der Waals surface area contributed by atoms with E-state index in [0.29, 0.717) is 17.8 Å². The molecule has 0 radical (unpaired) electrons. The Balaban J connectivity index is 1.05. The number of alkyl halides is 3. The van der Waals surface area contributed by atoms with E-state index in [4.69, 9.17) is 0 Å². The molecular weight excluding hydrogens is 688 g/mol. The highest BCUT2D eigenvalue weighted by molar-refractivity contribution is 7.92. The summed E-state index contributed by atoms with van der Waals surface area (Å²) in [5.41, 5.74) is 0.152. The number of benzene rings is 2. The molecule has 2 aliphatic carbocycles. The molecule has 4 N–H and O–H groups in total. The van der Waals surface area contributed by atoms with Crippen molar-refractivity contribution in [2.24, 2.45) is 5.92 Å². The van der Waals surface area contributed by atoms with Crippen LogP contribution in [0.5, 0.6) is 0 Å². The highest BCUT2D eigenvalue weighted by Gasteiger charge is 2.36. The molecule has 1 saturated heterocycles. The van der Waals surface area contributed by atoms with Gasteiger partial charge in [0.25, 0.3) is 5.91 Å². The number of rotatable bonds is 12. The number of aromatic nitrogens is 2. The van der Waals surface area contributed by atoms with Gasteiger partial charge in [-0.15, -0.1) is 0 Å². The maximum absolute atomic E-state index is 15.2. The molecule has 2 aromatic carbocycles. The van der Waals surface area contributed by atoms with E-state index >= 15 is 4.39 Å². The molecule has 276 valence electrons. The van der Waals surface area contributed by atoms with Crippen molar-refractivity contribution < 1.29 is 30.8 Å². The van der Waals surface area contributed by atoms with Gasteiger partial charge in [0.2, 0.25) is 16.0 Å². The van der Waals surface area contributed by atoms with E-state index < -0.39 is 39.3 Å². The second-order valence-corrected chi connectivity index (χ2v) is 15.7. The standard InChI is InChI=1S/C35H44F4N8O3S/c1-22-3-6-25(31(17-22)45-51(2,49)50)19-40-32-28(35(37,38)39)20-41-34(44-32)43-30-12-7-24(18-29(30)36)33(48)42-26-8-10-27(11-9-26)47-15-13-46(14-16-47)21-23-4-5-23/h3,6-7,12,17-18,20,23,26-27,45H,4-5,8-11,13-16,19,21H2,1-2H3,(H,42,48)(H2,40,41,43,44). The van der Waals surface area contributed by atoms with Crippen LogP contribution in [0.25, 0.3) is 0 Å². The van der Waals surface area contributed by atoms with Gasteiger partial charge in [-0.05, 0) is 86.8 Å². The fraction of sp³-hybridized carbons (Fsp3) is 0.514. The molecule has 16 heteroatoms. The van der Waals surface area contributed by atoms with Gasteiger partial charge in [-0.3, -0.25) is 14.4 Å². The monoisotopic (exact) mass is 732 g/mol. The first-order valence-electron chi connectivity index (χ1n) is 17.3. The molecule has 1 aromatic heterocycles. The normalized spacial score (nSPS) is 20.5. The summed E-state index contributed by atoms with van der Waals surface area (Å²) in [6.45, 7) is 7.18. The van der Waals surface area contributed by atoms with Crippen LogP contribution in [0.15, 0.2) is 42.6 Å². The van der Waals surface area contributed by atoms with Gasteiger partial charge >= 0.3 is 6.18 Å². The molecule has 11 nitrogen and oxygen atoms in total. The van der Waals surface area contributed by atoms with E-state index in [9.17, 15) is 26.4 Å². The van der Waals surface area contributed by atoms with Crippen LogP contribution < -0.4 is 20.7 Å². The Hall–Kier alpha value is -4.02. The molecule has 3 aromatic rings. The minimum Gasteiger partial charge on any atom is -0.365 e. The van der Waals surface area contributed by atoms with Crippen LogP contribution in [0.2, 0.25) is 0 Å². The first kappa shape index (κ1) is 36.8. The number of hydrogen-bond donors (Lipinski definition) is 4. The number of aryl methyl sites for hydroxylation is 1.